The molecule has 0 spiro atoms. The number of allylic oxidation sites excluding steroid dienone is 4. The summed E-state index contributed by atoms with van der Waals surface area (Å²) in [7, 11) is 0. The Kier molecular flexibility index (Phi) is 3.42. The molecule has 1 rings (SSSR count). The standard InChI is InChI=1S/C17H30/c1-15(2,3)12-10-11-13(16(4,5)6)14(12)17(7,8)9/h10H,11H2,1-9H3. The third-order valence-corrected chi connectivity index (χ3v) is 3.54. The van der Waals surface area contributed by atoms with Crippen molar-refractivity contribution in [1.29, 1.82) is 0 Å². The van der Waals surface area contributed by atoms with Crippen molar-refractivity contribution in [3.05, 3.63) is 22.8 Å². The molecule has 0 heterocycles. The summed E-state index contributed by atoms with van der Waals surface area (Å²) < 4.78 is 0. The Morgan fingerprint density at radius 2 is 1.18 bits per heavy atom. The van der Waals surface area contributed by atoms with Gasteiger partial charge in [-0.05, 0) is 33.8 Å². The van der Waals surface area contributed by atoms with Gasteiger partial charge < -0.3 is 0 Å². The molecule has 0 bridgehead atoms. The minimum absolute atomic E-state index is 0.248. The maximum atomic E-state index is 2.46. The van der Waals surface area contributed by atoms with Crippen LogP contribution in [0.5, 0.6) is 0 Å². The van der Waals surface area contributed by atoms with E-state index < -0.39 is 0 Å². The topological polar surface area (TPSA) is 0 Å². The van der Waals surface area contributed by atoms with Gasteiger partial charge in [-0.25, -0.2) is 0 Å². The minimum Gasteiger partial charge on any atom is -0.0764 e. The third kappa shape index (κ3) is 3.03. The van der Waals surface area contributed by atoms with Crippen molar-refractivity contribution < 1.29 is 0 Å². The zero-order chi connectivity index (χ0) is 13.6. The van der Waals surface area contributed by atoms with Gasteiger partial charge in [-0.3, -0.25) is 0 Å². The van der Waals surface area contributed by atoms with Crippen LogP contribution in [-0.2, 0) is 0 Å². The first-order chi connectivity index (χ1) is 7.35. The van der Waals surface area contributed by atoms with Crippen molar-refractivity contribution in [2.75, 3.05) is 0 Å². The van der Waals surface area contributed by atoms with E-state index in [1.54, 1.807) is 16.7 Å². The highest BCUT2D eigenvalue weighted by molar-refractivity contribution is 5.50. The lowest BCUT2D eigenvalue weighted by molar-refractivity contribution is 0.423. The fraction of sp³-hybridized carbons (Fsp3) is 0.765. The summed E-state index contributed by atoms with van der Waals surface area (Å²) in [5.74, 6) is 0. The van der Waals surface area contributed by atoms with Gasteiger partial charge in [-0.15, -0.1) is 0 Å². The van der Waals surface area contributed by atoms with Gasteiger partial charge in [0.05, 0.1) is 0 Å². The highest BCUT2D eigenvalue weighted by atomic mass is 14.4. The molecule has 17 heavy (non-hydrogen) atoms. The number of rotatable bonds is 0. The van der Waals surface area contributed by atoms with Crippen molar-refractivity contribution >= 4 is 0 Å². The third-order valence-electron chi connectivity index (χ3n) is 3.54. The summed E-state index contributed by atoms with van der Waals surface area (Å²) >= 11 is 0. The van der Waals surface area contributed by atoms with E-state index in [1.165, 1.54) is 0 Å². The Morgan fingerprint density at radius 1 is 0.706 bits per heavy atom. The predicted octanol–water partition coefficient (Wildman–Crippen LogP) is 5.75. The van der Waals surface area contributed by atoms with E-state index in [-0.39, 0.29) is 16.2 Å². The molecule has 0 unspecified atom stereocenters. The Labute approximate surface area is 108 Å². The van der Waals surface area contributed by atoms with E-state index in [0.29, 0.717) is 0 Å². The molecule has 0 nitrogen and oxygen atoms in total. The summed E-state index contributed by atoms with van der Waals surface area (Å²) in [6, 6.07) is 0. The van der Waals surface area contributed by atoms with Gasteiger partial charge in [0.2, 0.25) is 0 Å². The van der Waals surface area contributed by atoms with Crippen LogP contribution in [0.15, 0.2) is 22.8 Å². The lowest BCUT2D eigenvalue weighted by Crippen LogP contribution is -2.22. The van der Waals surface area contributed by atoms with Crippen LogP contribution in [0, 0.1) is 16.2 Å². The zero-order valence-electron chi connectivity index (χ0n) is 13.3. The molecule has 0 heteroatoms. The fourth-order valence-corrected chi connectivity index (χ4v) is 2.79. The van der Waals surface area contributed by atoms with Crippen molar-refractivity contribution in [3.8, 4) is 0 Å². The molecule has 0 saturated carbocycles. The quantitative estimate of drug-likeness (QED) is 0.500. The first-order valence-corrected chi connectivity index (χ1v) is 6.80. The zero-order valence-corrected chi connectivity index (χ0v) is 13.3. The Bertz CT molecular complexity index is 356. The molecule has 1 aliphatic carbocycles. The van der Waals surface area contributed by atoms with E-state index in [9.17, 15) is 0 Å². The van der Waals surface area contributed by atoms with Crippen LogP contribution in [0.4, 0.5) is 0 Å². The van der Waals surface area contributed by atoms with Gasteiger partial charge in [0.15, 0.2) is 0 Å². The average molecular weight is 234 g/mol. The largest absolute Gasteiger partial charge is 0.0764 e. The smallest absolute Gasteiger partial charge is 0.0121 e. The molecule has 98 valence electrons. The van der Waals surface area contributed by atoms with Gasteiger partial charge in [-0.2, -0.15) is 0 Å². The summed E-state index contributed by atoms with van der Waals surface area (Å²) in [5, 5.41) is 0. The average Bonchev–Trinajstić information content (AvgIpc) is 2.42. The molecule has 0 fully saturated rings. The molecule has 0 amide bonds. The van der Waals surface area contributed by atoms with E-state index >= 15 is 0 Å². The summed E-state index contributed by atoms with van der Waals surface area (Å²) in [5.41, 5.74) is 5.60. The Hall–Kier alpha value is -0.520. The normalized spacial score (nSPS) is 18.8. The molecule has 1 aliphatic rings. The van der Waals surface area contributed by atoms with Gasteiger partial charge in [0.25, 0.3) is 0 Å². The number of hydrogen-bond donors (Lipinski definition) is 0. The monoisotopic (exact) mass is 234 g/mol. The first-order valence-electron chi connectivity index (χ1n) is 6.80. The van der Waals surface area contributed by atoms with Crippen molar-refractivity contribution in [2.24, 2.45) is 16.2 Å². The van der Waals surface area contributed by atoms with Gasteiger partial charge in [-0.1, -0.05) is 74.0 Å². The molecular formula is C17H30. The van der Waals surface area contributed by atoms with E-state index in [2.05, 4.69) is 68.4 Å². The Balaban J connectivity index is 3.38. The summed E-state index contributed by atoms with van der Waals surface area (Å²) in [4.78, 5) is 0. The van der Waals surface area contributed by atoms with Crippen molar-refractivity contribution in [3.63, 3.8) is 0 Å². The maximum Gasteiger partial charge on any atom is -0.0121 e. The van der Waals surface area contributed by atoms with Crippen LogP contribution in [0.1, 0.15) is 68.7 Å². The van der Waals surface area contributed by atoms with E-state index in [1.807, 2.05) is 0 Å². The molecular weight excluding hydrogens is 204 g/mol. The molecule has 0 saturated heterocycles. The number of hydrogen-bond acceptors (Lipinski definition) is 0. The molecule has 0 aromatic carbocycles. The van der Waals surface area contributed by atoms with E-state index in [0.717, 1.165) is 6.42 Å². The van der Waals surface area contributed by atoms with Crippen LogP contribution < -0.4 is 0 Å². The molecule has 0 atom stereocenters. The van der Waals surface area contributed by atoms with Crippen LogP contribution in [0.2, 0.25) is 0 Å². The lowest BCUT2D eigenvalue weighted by Gasteiger charge is -2.35. The highest BCUT2D eigenvalue weighted by Gasteiger charge is 2.36. The second kappa shape index (κ2) is 4.00. The SMILES string of the molecule is CC(C)(C)C1=CCC(C(C)(C)C)=C1C(C)(C)C. The molecule has 0 N–H and O–H groups in total. The lowest BCUT2D eigenvalue weighted by atomic mass is 9.70. The van der Waals surface area contributed by atoms with E-state index in [4.69, 9.17) is 0 Å². The maximum absolute atomic E-state index is 2.46. The predicted molar refractivity (Wildman–Crippen MR) is 78.1 cm³/mol. The second-order valence-electron chi connectivity index (χ2n) is 8.43. The van der Waals surface area contributed by atoms with Crippen molar-refractivity contribution in [2.45, 2.75) is 68.7 Å². The second-order valence-corrected chi connectivity index (χ2v) is 8.43. The van der Waals surface area contributed by atoms with Crippen molar-refractivity contribution in [1.82, 2.24) is 0 Å². The molecule has 0 aromatic heterocycles. The Morgan fingerprint density at radius 3 is 1.47 bits per heavy atom. The minimum atomic E-state index is 0.248. The van der Waals surface area contributed by atoms with Crippen LogP contribution in [0.25, 0.3) is 0 Å². The molecule has 0 radical (unpaired) electrons. The van der Waals surface area contributed by atoms with Gasteiger partial charge in [0.1, 0.15) is 0 Å². The van der Waals surface area contributed by atoms with Gasteiger partial charge in [0, 0.05) is 0 Å². The van der Waals surface area contributed by atoms with Crippen LogP contribution in [0.3, 0.4) is 0 Å². The molecule has 0 aromatic rings. The van der Waals surface area contributed by atoms with Crippen LogP contribution >= 0.6 is 0 Å². The fourth-order valence-electron chi connectivity index (χ4n) is 2.79. The van der Waals surface area contributed by atoms with Gasteiger partial charge >= 0.3 is 0 Å². The first kappa shape index (κ1) is 14.5. The summed E-state index contributed by atoms with van der Waals surface area (Å²) in [6.07, 6.45) is 3.60. The molecule has 0 aliphatic heterocycles. The summed E-state index contributed by atoms with van der Waals surface area (Å²) in [6.45, 7) is 21.0. The highest BCUT2D eigenvalue weighted by Crippen LogP contribution is 2.50. The van der Waals surface area contributed by atoms with Crippen LogP contribution in [-0.4, -0.2) is 0 Å².